The third kappa shape index (κ3) is 2.63. The van der Waals surface area contributed by atoms with Crippen LogP contribution in [-0.2, 0) is 11.3 Å². The molecule has 7 heteroatoms. The van der Waals surface area contributed by atoms with Gasteiger partial charge in [0.2, 0.25) is 5.75 Å². The zero-order valence-electron chi connectivity index (χ0n) is 11.6. The van der Waals surface area contributed by atoms with Crippen molar-refractivity contribution in [1.82, 2.24) is 4.90 Å². The molecule has 1 aromatic carbocycles. The molecule has 0 radical (unpaired) electrons. The van der Waals surface area contributed by atoms with Crippen molar-refractivity contribution < 1.29 is 23.7 Å². The summed E-state index contributed by atoms with van der Waals surface area (Å²) in [6, 6.07) is 1.82. The maximum absolute atomic E-state index is 11.5. The monoisotopic (exact) mass is 345 g/mol. The third-order valence-electron chi connectivity index (χ3n) is 3.05. The van der Waals surface area contributed by atoms with Gasteiger partial charge in [0.05, 0.1) is 38.9 Å². The lowest BCUT2D eigenvalue weighted by atomic mass is 10.1. The predicted octanol–water partition coefficient (Wildman–Crippen LogP) is 2.43. The van der Waals surface area contributed by atoms with Crippen molar-refractivity contribution in [3.8, 4) is 17.2 Å². The number of benzene rings is 1. The number of ether oxygens (including phenoxy) is 4. The van der Waals surface area contributed by atoms with Crippen molar-refractivity contribution in [1.29, 1.82) is 0 Å². The minimum Gasteiger partial charge on any atom is -0.493 e. The largest absolute Gasteiger partial charge is 0.493 e. The van der Waals surface area contributed by atoms with Crippen molar-refractivity contribution >= 4 is 22.0 Å². The number of nitrogens with zero attached hydrogens (tertiary/aromatic N) is 1. The van der Waals surface area contributed by atoms with Gasteiger partial charge in [0, 0.05) is 0 Å². The van der Waals surface area contributed by atoms with Gasteiger partial charge in [0.25, 0.3) is 0 Å². The van der Waals surface area contributed by atoms with Crippen molar-refractivity contribution in [2.75, 3.05) is 34.5 Å². The minimum absolute atomic E-state index is 0.314. The highest BCUT2D eigenvalue weighted by Gasteiger charge is 2.25. The molecule has 0 spiro atoms. The number of rotatable bonds is 5. The summed E-state index contributed by atoms with van der Waals surface area (Å²) in [5.41, 5.74) is 0.860. The van der Waals surface area contributed by atoms with E-state index in [1.54, 1.807) is 26.2 Å². The smallest absolute Gasteiger partial charge is 0.410 e. The van der Waals surface area contributed by atoms with Crippen LogP contribution >= 0.6 is 15.9 Å². The average molecular weight is 346 g/mol. The number of hydrogen-bond acceptors (Lipinski definition) is 5. The topological polar surface area (TPSA) is 57.2 Å². The Morgan fingerprint density at radius 2 is 1.95 bits per heavy atom. The molecule has 1 aromatic rings. The Morgan fingerprint density at radius 3 is 2.45 bits per heavy atom. The zero-order valence-corrected chi connectivity index (χ0v) is 13.2. The first kappa shape index (κ1) is 14.8. The molecule has 0 saturated carbocycles. The Labute approximate surface area is 125 Å². The fourth-order valence-electron chi connectivity index (χ4n) is 2.06. The van der Waals surface area contributed by atoms with E-state index in [1.807, 2.05) is 6.07 Å². The van der Waals surface area contributed by atoms with Crippen LogP contribution in [0.4, 0.5) is 4.79 Å². The molecule has 6 nitrogen and oxygen atoms in total. The molecule has 1 amide bonds. The lowest BCUT2D eigenvalue weighted by Crippen LogP contribution is -2.23. The van der Waals surface area contributed by atoms with Gasteiger partial charge in [-0.05, 0) is 27.6 Å². The predicted molar refractivity (Wildman–Crippen MR) is 75.6 cm³/mol. The van der Waals surface area contributed by atoms with Crippen LogP contribution in [0.2, 0.25) is 0 Å². The van der Waals surface area contributed by atoms with Gasteiger partial charge in [0.15, 0.2) is 11.5 Å². The van der Waals surface area contributed by atoms with Crippen LogP contribution in [-0.4, -0.2) is 45.5 Å². The highest BCUT2D eigenvalue weighted by Crippen LogP contribution is 2.45. The molecular formula is C13H16BrNO5. The summed E-state index contributed by atoms with van der Waals surface area (Å²) in [6.07, 6.45) is -0.314. The molecule has 1 aliphatic rings. The molecule has 0 aliphatic carbocycles. The molecule has 0 aromatic heterocycles. The van der Waals surface area contributed by atoms with Crippen molar-refractivity contribution in [2.24, 2.45) is 0 Å². The lowest BCUT2D eigenvalue weighted by Gasteiger charge is -2.19. The van der Waals surface area contributed by atoms with E-state index < -0.39 is 0 Å². The van der Waals surface area contributed by atoms with Gasteiger partial charge in [-0.25, -0.2) is 4.79 Å². The first-order chi connectivity index (χ1) is 9.62. The van der Waals surface area contributed by atoms with Crippen LogP contribution in [0.5, 0.6) is 17.2 Å². The quantitative estimate of drug-likeness (QED) is 0.820. The summed E-state index contributed by atoms with van der Waals surface area (Å²) in [7, 11) is 4.65. The van der Waals surface area contributed by atoms with Crippen molar-refractivity contribution in [2.45, 2.75) is 6.54 Å². The Bertz CT molecular complexity index is 520. The van der Waals surface area contributed by atoms with E-state index in [2.05, 4.69) is 15.9 Å². The van der Waals surface area contributed by atoms with Crippen LogP contribution in [0.3, 0.4) is 0 Å². The lowest BCUT2D eigenvalue weighted by molar-refractivity contribution is 0.157. The summed E-state index contributed by atoms with van der Waals surface area (Å²) in [6.45, 7) is 1.40. The summed E-state index contributed by atoms with van der Waals surface area (Å²) in [4.78, 5) is 13.1. The molecule has 110 valence electrons. The maximum Gasteiger partial charge on any atom is 0.410 e. The summed E-state index contributed by atoms with van der Waals surface area (Å²) in [5.74, 6) is 1.60. The SMILES string of the molecule is COc1cc(CN2CCOC2=O)c(Br)c(OC)c1OC. The van der Waals surface area contributed by atoms with Gasteiger partial charge >= 0.3 is 6.09 Å². The van der Waals surface area contributed by atoms with Gasteiger partial charge in [-0.1, -0.05) is 0 Å². The Morgan fingerprint density at radius 1 is 1.25 bits per heavy atom. The molecule has 1 saturated heterocycles. The number of carbonyl (C=O) groups excluding carboxylic acids is 1. The van der Waals surface area contributed by atoms with Gasteiger partial charge in [-0.15, -0.1) is 0 Å². The summed E-state index contributed by atoms with van der Waals surface area (Å²) in [5, 5.41) is 0. The fourth-order valence-corrected chi connectivity index (χ4v) is 2.64. The molecule has 20 heavy (non-hydrogen) atoms. The maximum atomic E-state index is 11.5. The van der Waals surface area contributed by atoms with Crippen LogP contribution < -0.4 is 14.2 Å². The highest BCUT2D eigenvalue weighted by molar-refractivity contribution is 9.10. The number of amides is 1. The van der Waals surface area contributed by atoms with Crippen molar-refractivity contribution in [3.63, 3.8) is 0 Å². The van der Waals surface area contributed by atoms with Crippen LogP contribution in [0.25, 0.3) is 0 Å². The van der Waals surface area contributed by atoms with E-state index in [4.69, 9.17) is 18.9 Å². The number of carbonyl (C=O) groups is 1. The summed E-state index contributed by atoms with van der Waals surface area (Å²) >= 11 is 3.48. The first-order valence-electron chi connectivity index (χ1n) is 6.01. The van der Waals surface area contributed by atoms with Gasteiger partial charge < -0.3 is 23.8 Å². The average Bonchev–Trinajstić information content (AvgIpc) is 2.85. The Kier molecular flexibility index (Phi) is 4.59. The standard InChI is InChI=1S/C13H16BrNO5/c1-17-9-6-8(7-15-4-5-20-13(15)16)10(14)12(19-3)11(9)18-2/h6H,4-5,7H2,1-3H3. The van der Waals surface area contributed by atoms with Crippen LogP contribution in [0.15, 0.2) is 10.5 Å². The van der Waals surface area contributed by atoms with E-state index in [1.165, 1.54) is 0 Å². The molecule has 1 heterocycles. The van der Waals surface area contributed by atoms with E-state index >= 15 is 0 Å². The number of cyclic esters (lactones) is 1. The normalized spacial score (nSPS) is 14.2. The third-order valence-corrected chi connectivity index (χ3v) is 3.92. The molecule has 0 bridgehead atoms. The number of halogens is 1. The molecule has 1 fully saturated rings. The van der Waals surface area contributed by atoms with Gasteiger partial charge in [0.1, 0.15) is 6.61 Å². The van der Waals surface area contributed by atoms with Gasteiger partial charge in [-0.2, -0.15) is 0 Å². The Balaban J connectivity index is 2.40. The molecule has 2 rings (SSSR count). The molecule has 0 N–H and O–H groups in total. The second kappa shape index (κ2) is 6.21. The van der Waals surface area contributed by atoms with Gasteiger partial charge in [-0.3, -0.25) is 0 Å². The molecule has 0 atom stereocenters. The number of hydrogen-bond donors (Lipinski definition) is 0. The first-order valence-corrected chi connectivity index (χ1v) is 6.80. The van der Waals surface area contributed by atoms with E-state index in [-0.39, 0.29) is 6.09 Å². The fraction of sp³-hybridized carbons (Fsp3) is 0.462. The van der Waals surface area contributed by atoms with Crippen molar-refractivity contribution in [3.05, 3.63) is 16.1 Å². The molecule has 1 aliphatic heterocycles. The van der Waals surface area contributed by atoms with E-state index in [9.17, 15) is 4.79 Å². The molecule has 0 unspecified atom stereocenters. The minimum atomic E-state index is -0.314. The highest BCUT2D eigenvalue weighted by atomic mass is 79.9. The molecular weight excluding hydrogens is 330 g/mol. The second-order valence-electron chi connectivity index (χ2n) is 4.15. The summed E-state index contributed by atoms with van der Waals surface area (Å²) < 4.78 is 21.6. The van der Waals surface area contributed by atoms with Crippen LogP contribution in [0, 0.1) is 0 Å². The Hall–Kier alpha value is -1.63. The van der Waals surface area contributed by atoms with Crippen LogP contribution in [0.1, 0.15) is 5.56 Å². The van der Waals surface area contributed by atoms with E-state index in [0.717, 1.165) is 10.0 Å². The zero-order chi connectivity index (χ0) is 14.7. The number of methoxy groups -OCH3 is 3. The van der Waals surface area contributed by atoms with E-state index in [0.29, 0.717) is 36.9 Å². The second-order valence-corrected chi connectivity index (χ2v) is 4.95.